The Bertz CT molecular complexity index is 1380. The molecule has 158 valence electrons. The lowest BCUT2D eigenvalue weighted by Crippen LogP contribution is -2.37. The van der Waals surface area contributed by atoms with Gasteiger partial charge >= 0.3 is 5.69 Å². The molecule has 4 aromatic rings. The summed E-state index contributed by atoms with van der Waals surface area (Å²) < 4.78 is 9.48. The number of carbonyl (C=O) groups excluding carboxylic acids is 1. The molecule has 9 heteroatoms. The van der Waals surface area contributed by atoms with E-state index in [0.717, 1.165) is 15.9 Å². The van der Waals surface area contributed by atoms with E-state index in [0.29, 0.717) is 11.4 Å². The monoisotopic (exact) mass is 419 g/mol. The largest absolute Gasteiger partial charge is 0.457 e. The minimum absolute atomic E-state index is 0.119. The van der Waals surface area contributed by atoms with Crippen molar-refractivity contribution in [3.8, 4) is 11.5 Å². The van der Waals surface area contributed by atoms with E-state index in [1.165, 1.54) is 29.6 Å². The van der Waals surface area contributed by atoms with E-state index in [9.17, 15) is 14.4 Å². The molecule has 31 heavy (non-hydrogen) atoms. The van der Waals surface area contributed by atoms with E-state index in [1.54, 1.807) is 24.3 Å². The van der Waals surface area contributed by atoms with Crippen molar-refractivity contribution < 1.29 is 9.53 Å². The molecule has 4 rings (SSSR count). The number of hydrogen-bond acceptors (Lipinski definition) is 5. The second-order valence-electron chi connectivity index (χ2n) is 7.24. The number of hydrogen-bond donors (Lipinski definition) is 1. The van der Waals surface area contributed by atoms with Crippen molar-refractivity contribution in [3.05, 3.63) is 81.3 Å². The van der Waals surface area contributed by atoms with Gasteiger partial charge in [-0.05, 0) is 43.3 Å². The van der Waals surface area contributed by atoms with Crippen LogP contribution in [0.3, 0.4) is 0 Å². The molecule has 0 fully saturated rings. The molecular weight excluding hydrogens is 398 g/mol. The standard InChI is InChI=1S/C22H21N5O4/c1-14-4-8-16(9-5-14)31-17-10-6-15(7-11-17)24-18(28)12-27-13-23-20-19(27)21(29)26(3)22(30)25(20)2/h4-11,13H,12H2,1-3H3,(H,24,28). The molecule has 2 heterocycles. The van der Waals surface area contributed by atoms with Gasteiger partial charge in [-0.2, -0.15) is 0 Å². The predicted octanol–water partition coefficient (Wildman–Crippen LogP) is 2.17. The Labute approximate surface area is 177 Å². The number of amides is 1. The third-order valence-corrected chi connectivity index (χ3v) is 4.93. The van der Waals surface area contributed by atoms with E-state index in [4.69, 9.17) is 4.74 Å². The van der Waals surface area contributed by atoms with Crippen LogP contribution in [0.4, 0.5) is 5.69 Å². The lowest BCUT2D eigenvalue weighted by atomic mass is 10.2. The molecule has 1 N–H and O–H groups in total. The van der Waals surface area contributed by atoms with Gasteiger partial charge in [0.25, 0.3) is 5.56 Å². The van der Waals surface area contributed by atoms with Crippen LogP contribution in [-0.4, -0.2) is 24.6 Å². The molecule has 0 bridgehead atoms. The lowest BCUT2D eigenvalue weighted by Gasteiger charge is -2.09. The van der Waals surface area contributed by atoms with Crippen molar-refractivity contribution in [2.75, 3.05) is 5.32 Å². The minimum Gasteiger partial charge on any atom is -0.457 e. The van der Waals surface area contributed by atoms with Gasteiger partial charge in [-0.3, -0.25) is 18.7 Å². The van der Waals surface area contributed by atoms with Crippen molar-refractivity contribution in [1.29, 1.82) is 0 Å². The fraction of sp³-hybridized carbons (Fsp3) is 0.182. The zero-order chi connectivity index (χ0) is 22.1. The molecule has 0 aliphatic rings. The molecule has 2 aromatic carbocycles. The first-order valence-electron chi connectivity index (χ1n) is 9.59. The van der Waals surface area contributed by atoms with Crippen LogP contribution in [-0.2, 0) is 25.4 Å². The third-order valence-electron chi connectivity index (χ3n) is 4.93. The summed E-state index contributed by atoms with van der Waals surface area (Å²) in [6, 6.07) is 14.7. The number of benzene rings is 2. The van der Waals surface area contributed by atoms with E-state index in [-0.39, 0.29) is 23.6 Å². The maximum atomic E-state index is 12.5. The van der Waals surface area contributed by atoms with Crippen LogP contribution >= 0.6 is 0 Å². The number of nitrogens with one attached hydrogen (secondary N) is 1. The number of anilines is 1. The first-order chi connectivity index (χ1) is 14.8. The fourth-order valence-corrected chi connectivity index (χ4v) is 3.22. The Morgan fingerprint density at radius 3 is 2.23 bits per heavy atom. The third kappa shape index (κ3) is 3.97. The lowest BCUT2D eigenvalue weighted by molar-refractivity contribution is -0.116. The number of ether oxygens (including phenoxy) is 1. The molecule has 0 saturated heterocycles. The van der Waals surface area contributed by atoms with Crippen molar-refractivity contribution in [2.45, 2.75) is 13.5 Å². The van der Waals surface area contributed by atoms with Crippen LogP contribution < -0.4 is 21.3 Å². The van der Waals surface area contributed by atoms with Gasteiger partial charge in [0.1, 0.15) is 18.0 Å². The Kier molecular flexibility index (Phi) is 5.16. The molecule has 0 saturated carbocycles. The minimum atomic E-state index is -0.499. The summed E-state index contributed by atoms with van der Waals surface area (Å²) in [4.78, 5) is 41.1. The molecule has 0 atom stereocenters. The van der Waals surface area contributed by atoms with Gasteiger partial charge in [-0.1, -0.05) is 17.7 Å². The zero-order valence-corrected chi connectivity index (χ0v) is 17.3. The summed E-state index contributed by atoms with van der Waals surface area (Å²) >= 11 is 0. The van der Waals surface area contributed by atoms with Gasteiger partial charge in [-0.25, -0.2) is 9.78 Å². The average molecular weight is 419 g/mol. The summed E-state index contributed by atoms with van der Waals surface area (Å²) in [7, 11) is 2.92. The van der Waals surface area contributed by atoms with Crippen molar-refractivity contribution in [1.82, 2.24) is 18.7 Å². The molecule has 0 spiro atoms. The van der Waals surface area contributed by atoms with E-state index in [1.807, 2.05) is 31.2 Å². The highest BCUT2D eigenvalue weighted by Crippen LogP contribution is 2.23. The molecule has 0 aliphatic heterocycles. The maximum Gasteiger partial charge on any atom is 0.332 e. The Balaban J connectivity index is 1.47. The van der Waals surface area contributed by atoms with Gasteiger partial charge in [0.15, 0.2) is 11.2 Å². The Morgan fingerprint density at radius 1 is 0.968 bits per heavy atom. The molecular formula is C22H21N5O4. The SMILES string of the molecule is Cc1ccc(Oc2ccc(NC(=O)Cn3cnc4c3c(=O)n(C)c(=O)n4C)cc2)cc1. The average Bonchev–Trinajstić information content (AvgIpc) is 3.17. The van der Waals surface area contributed by atoms with Crippen LogP contribution in [0.5, 0.6) is 11.5 Å². The van der Waals surface area contributed by atoms with Gasteiger partial charge in [0.2, 0.25) is 5.91 Å². The Morgan fingerprint density at radius 2 is 1.58 bits per heavy atom. The maximum absolute atomic E-state index is 12.5. The highest BCUT2D eigenvalue weighted by atomic mass is 16.5. The van der Waals surface area contributed by atoms with Crippen LogP contribution in [0.1, 0.15) is 5.56 Å². The molecule has 0 radical (unpaired) electrons. The normalized spacial score (nSPS) is 10.9. The van der Waals surface area contributed by atoms with Gasteiger partial charge in [-0.15, -0.1) is 0 Å². The van der Waals surface area contributed by atoms with Crippen molar-refractivity contribution in [3.63, 3.8) is 0 Å². The van der Waals surface area contributed by atoms with Crippen LogP contribution in [0.2, 0.25) is 0 Å². The molecule has 2 aromatic heterocycles. The van der Waals surface area contributed by atoms with E-state index in [2.05, 4.69) is 10.3 Å². The Hall–Kier alpha value is -4.14. The van der Waals surface area contributed by atoms with Gasteiger partial charge in [0, 0.05) is 19.8 Å². The number of fused-ring (bicyclic) bond motifs is 1. The number of aromatic nitrogens is 4. The first kappa shape index (κ1) is 20.1. The van der Waals surface area contributed by atoms with E-state index >= 15 is 0 Å². The summed E-state index contributed by atoms with van der Waals surface area (Å²) in [6.07, 6.45) is 1.38. The molecule has 0 aliphatic carbocycles. The molecule has 0 unspecified atom stereocenters. The number of rotatable bonds is 5. The van der Waals surface area contributed by atoms with Crippen molar-refractivity contribution >= 4 is 22.8 Å². The van der Waals surface area contributed by atoms with Gasteiger partial charge in [0.05, 0.1) is 6.33 Å². The predicted molar refractivity (Wildman–Crippen MR) is 117 cm³/mol. The fourth-order valence-electron chi connectivity index (χ4n) is 3.22. The highest BCUT2D eigenvalue weighted by Gasteiger charge is 2.16. The summed E-state index contributed by atoms with van der Waals surface area (Å²) in [6.45, 7) is 1.89. The quantitative estimate of drug-likeness (QED) is 0.534. The van der Waals surface area contributed by atoms with E-state index < -0.39 is 11.2 Å². The molecule has 9 nitrogen and oxygen atoms in total. The number of imidazole rings is 1. The first-order valence-corrected chi connectivity index (χ1v) is 9.59. The summed E-state index contributed by atoms with van der Waals surface area (Å²) in [5.41, 5.74) is 1.20. The van der Waals surface area contributed by atoms with Crippen LogP contribution in [0.15, 0.2) is 64.4 Å². The van der Waals surface area contributed by atoms with Crippen molar-refractivity contribution in [2.24, 2.45) is 14.1 Å². The van der Waals surface area contributed by atoms with Crippen LogP contribution in [0, 0.1) is 6.92 Å². The number of aryl methyl sites for hydroxylation is 2. The zero-order valence-electron chi connectivity index (χ0n) is 17.3. The number of carbonyl (C=O) groups is 1. The molecule has 1 amide bonds. The number of nitrogens with zero attached hydrogens (tertiary/aromatic N) is 4. The second-order valence-corrected chi connectivity index (χ2v) is 7.24. The van der Waals surface area contributed by atoms with Gasteiger partial charge < -0.3 is 14.6 Å². The second kappa shape index (κ2) is 7.94. The highest BCUT2D eigenvalue weighted by molar-refractivity contribution is 5.91. The summed E-state index contributed by atoms with van der Waals surface area (Å²) in [5.74, 6) is 1.04. The smallest absolute Gasteiger partial charge is 0.332 e. The topological polar surface area (TPSA) is 100 Å². The summed E-state index contributed by atoms with van der Waals surface area (Å²) in [5, 5.41) is 2.78. The van der Waals surface area contributed by atoms with Crippen LogP contribution in [0.25, 0.3) is 11.2 Å².